The van der Waals surface area contributed by atoms with Crippen LogP contribution in [0.5, 0.6) is 0 Å². The van der Waals surface area contributed by atoms with E-state index in [1.54, 1.807) is 12.1 Å². The quantitative estimate of drug-likeness (QED) is 0.825. The van der Waals surface area contributed by atoms with E-state index in [2.05, 4.69) is 5.87 Å². The number of benzene rings is 1. The third kappa shape index (κ3) is 2.49. The minimum absolute atomic E-state index is 0.220. The number of aliphatic hydroxyl groups is 1. The molecular weight excluding hydrogens is 280 g/mol. The van der Waals surface area contributed by atoms with E-state index < -0.39 is 28.1 Å². The van der Waals surface area contributed by atoms with Crippen LogP contribution in [0.15, 0.2) is 29.2 Å². The molecule has 0 spiro atoms. The molecule has 2 saturated heterocycles. The molecule has 1 aromatic carbocycles. The third-order valence-electron chi connectivity index (χ3n) is 3.64. The van der Waals surface area contributed by atoms with E-state index in [-0.39, 0.29) is 19.3 Å². The van der Waals surface area contributed by atoms with Gasteiger partial charge in [-0.2, -0.15) is 0 Å². The van der Waals surface area contributed by atoms with Crippen molar-refractivity contribution in [2.75, 3.05) is 13.2 Å². The topological polar surface area (TPSA) is 65.0 Å². The predicted octanol–water partition coefficient (Wildman–Crippen LogP) is 0.529. The molecular formula is C14H18O5S. The molecule has 2 aliphatic heterocycles. The monoisotopic (exact) mass is 298 g/mol. The van der Waals surface area contributed by atoms with Gasteiger partial charge >= 0.3 is 0 Å². The van der Waals surface area contributed by atoms with Crippen molar-refractivity contribution in [1.29, 1.82) is 0 Å². The molecule has 0 radical (unpaired) electrons. The summed E-state index contributed by atoms with van der Waals surface area (Å²) in [5.74, 6) is 3.70. The van der Waals surface area contributed by atoms with Crippen LogP contribution in [0.3, 0.4) is 0 Å². The normalized spacial score (nSPS) is 35.7. The summed E-state index contributed by atoms with van der Waals surface area (Å²) in [6, 6.07) is 7.24. The van der Waals surface area contributed by atoms with E-state index in [0.717, 1.165) is 5.56 Å². The zero-order chi connectivity index (χ0) is 14.3. The number of rotatable bonds is 3. The average Bonchev–Trinajstić information content (AvgIpc) is 2.95. The standard InChI is InChI=1S/C14H18O5S/c1-9-3-5-10(6-4-9)20(2,16)19-12-8-18-13-11(15)7-17-14(12)13/h3-6,11-15H,2,7-8H2,1H3. The molecule has 3 rings (SSSR count). The summed E-state index contributed by atoms with van der Waals surface area (Å²) in [7, 11) is -2.86. The molecule has 110 valence electrons. The predicted molar refractivity (Wildman–Crippen MR) is 75.1 cm³/mol. The minimum atomic E-state index is -2.86. The van der Waals surface area contributed by atoms with Gasteiger partial charge in [0.1, 0.15) is 34.2 Å². The highest BCUT2D eigenvalue weighted by Gasteiger charge is 2.48. The van der Waals surface area contributed by atoms with Crippen LogP contribution in [-0.4, -0.2) is 52.8 Å². The molecule has 2 aliphatic rings. The molecule has 6 heteroatoms. The lowest BCUT2D eigenvalue weighted by Gasteiger charge is -2.19. The Bertz CT molecular complexity index is 580. The largest absolute Gasteiger partial charge is 0.388 e. The molecule has 1 N–H and O–H groups in total. The fourth-order valence-electron chi connectivity index (χ4n) is 2.53. The third-order valence-corrected chi connectivity index (χ3v) is 5.19. The van der Waals surface area contributed by atoms with Crippen LogP contribution in [0.25, 0.3) is 0 Å². The van der Waals surface area contributed by atoms with Crippen LogP contribution < -0.4 is 0 Å². The van der Waals surface area contributed by atoms with Crippen molar-refractivity contribution in [3.63, 3.8) is 0 Å². The van der Waals surface area contributed by atoms with Gasteiger partial charge < -0.3 is 14.6 Å². The smallest absolute Gasteiger partial charge is 0.126 e. The highest BCUT2D eigenvalue weighted by Crippen LogP contribution is 2.30. The summed E-state index contributed by atoms with van der Waals surface area (Å²) < 4.78 is 29.2. The van der Waals surface area contributed by atoms with Crippen molar-refractivity contribution in [3.8, 4) is 0 Å². The van der Waals surface area contributed by atoms with Gasteiger partial charge in [0, 0.05) is 0 Å². The molecule has 2 heterocycles. The lowest BCUT2D eigenvalue weighted by atomic mass is 10.1. The number of hydrogen-bond acceptors (Lipinski definition) is 5. The summed E-state index contributed by atoms with van der Waals surface area (Å²) >= 11 is 0. The Labute approximate surface area is 118 Å². The second-order valence-corrected chi connectivity index (χ2v) is 7.12. The van der Waals surface area contributed by atoms with Crippen LogP contribution in [0.4, 0.5) is 0 Å². The molecule has 5 unspecified atom stereocenters. The Morgan fingerprint density at radius 2 is 1.90 bits per heavy atom. The maximum absolute atomic E-state index is 12.6. The summed E-state index contributed by atoms with van der Waals surface area (Å²) in [5, 5.41) is 9.67. The number of ether oxygens (including phenoxy) is 2. The SMILES string of the molecule is C=S(=O)(OC1COC2C(O)COC12)c1ccc(C)cc1. The Kier molecular flexibility index (Phi) is 3.60. The minimum Gasteiger partial charge on any atom is -0.388 e. The van der Waals surface area contributed by atoms with Gasteiger partial charge in [-0.3, -0.25) is 4.18 Å². The van der Waals surface area contributed by atoms with Crippen LogP contribution in [0.2, 0.25) is 0 Å². The van der Waals surface area contributed by atoms with Crippen molar-refractivity contribution >= 4 is 15.7 Å². The molecule has 5 nitrogen and oxygen atoms in total. The first-order valence-corrected chi connectivity index (χ1v) is 8.16. The van der Waals surface area contributed by atoms with Gasteiger partial charge in [-0.15, -0.1) is 0 Å². The fourth-order valence-corrected chi connectivity index (χ4v) is 3.75. The zero-order valence-electron chi connectivity index (χ0n) is 11.2. The summed E-state index contributed by atoms with van der Waals surface area (Å²) in [4.78, 5) is 0.546. The first-order valence-electron chi connectivity index (χ1n) is 6.51. The first kappa shape index (κ1) is 14.0. The Hall–Kier alpha value is -0.920. The molecule has 0 aliphatic carbocycles. The van der Waals surface area contributed by atoms with Crippen LogP contribution in [0, 0.1) is 6.92 Å². The molecule has 1 aromatic rings. The van der Waals surface area contributed by atoms with Crippen LogP contribution in [0.1, 0.15) is 5.56 Å². The van der Waals surface area contributed by atoms with E-state index in [0.29, 0.717) is 4.90 Å². The highest BCUT2D eigenvalue weighted by atomic mass is 32.2. The summed E-state index contributed by atoms with van der Waals surface area (Å²) in [6.45, 7) is 2.43. The van der Waals surface area contributed by atoms with Crippen molar-refractivity contribution in [2.45, 2.75) is 36.2 Å². The fraction of sp³-hybridized carbons (Fsp3) is 0.500. The van der Waals surface area contributed by atoms with Gasteiger partial charge in [0.15, 0.2) is 0 Å². The Morgan fingerprint density at radius 3 is 2.60 bits per heavy atom. The number of aliphatic hydroxyl groups excluding tert-OH is 1. The molecule has 0 bridgehead atoms. The number of hydrogen-bond donors (Lipinski definition) is 1. The van der Waals surface area contributed by atoms with Gasteiger partial charge in [-0.1, -0.05) is 17.7 Å². The highest BCUT2D eigenvalue weighted by molar-refractivity contribution is 7.96. The van der Waals surface area contributed by atoms with E-state index in [4.69, 9.17) is 13.7 Å². The van der Waals surface area contributed by atoms with E-state index in [9.17, 15) is 9.32 Å². The summed E-state index contributed by atoms with van der Waals surface area (Å²) in [6.07, 6.45) is -1.89. The number of fused-ring (bicyclic) bond motifs is 1. The van der Waals surface area contributed by atoms with Crippen molar-refractivity contribution in [1.82, 2.24) is 0 Å². The van der Waals surface area contributed by atoms with Gasteiger partial charge in [0.25, 0.3) is 0 Å². The first-order chi connectivity index (χ1) is 9.47. The molecule has 0 saturated carbocycles. The molecule has 0 amide bonds. The van der Waals surface area contributed by atoms with Gasteiger partial charge in [0.05, 0.1) is 18.1 Å². The van der Waals surface area contributed by atoms with Crippen LogP contribution in [-0.2, 0) is 23.5 Å². The summed E-state index contributed by atoms with van der Waals surface area (Å²) in [5.41, 5.74) is 1.08. The van der Waals surface area contributed by atoms with E-state index in [1.165, 1.54) is 0 Å². The average molecular weight is 298 g/mol. The zero-order valence-corrected chi connectivity index (χ0v) is 12.0. The van der Waals surface area contributed by atoms with E-state index in [1.807, 2.05) is 19.1 Å². The van der Waals surface area contributed by atoms with E-state index >= 15 is 0 Å². The second-order valence-electron chi connectivity index (χ2n) is 5.23. The molecule has 5 atom stereocenters. The van der Waals surface area contributed by atoms with Gasteiger partial charge in [-0.05, 0) is 24.9 Å². The maximum atomic E-state index is 12.6. The van der Waals surface area contributed by atoms with Crippen molar-refractivity contribution < 1.29 is 23.0 Å². The Balaban J connectivity index is 1.76. The van der Waals surface area contributed by atoms with Crippen molar-refractivity contribution in [3.05, 3.63) is 29.8 Å². The van der Waals surface area contributed by atoms with Crippen LogP contribution >= 0.6 is 0 Å². The van der Waals surface area contributed by atoms with Gasteiger partial charge in [-0.25, -0.2) is 4.21 Å². The second kappa shape index (κ2) is 5.13. The lowest BCUT2D eigenvalue weighted by Crippen LogP contribution is -2.34. The van der Waals surface area contributed by atoms with Crippen molar-refractivity contribution in [2.24, 2.45) is 0 Å². The molecule has 20 heavy (non-hydrogen) atoms. The Morgan fingerprint density at radius 1 is 1.25 bits per heavy atom. The number of aryl methyl sites for hydroxylation is 1. The maximum Gasteiger partial charge on any atom is 0.126 e. The molecule has 2 fully saturated rings. The van der Waals surface area contributed by atoms with Gasteiger partial charge in [0.2, 0.25) is 0 Å². The molecule has 0 aromatic heterocycles. The lowest BCUT2D eigenvalue weighted by molar-refractivity contribution is 0.0107.